The maximum atomic E-state index is 13.8. The number of anilines is 1. The van der Waals surface area contributed by atoms with Crippen LogP contribution >= 0.6 is 0 Å². The van der Waals surface area contributed by atoms with Crippen LogP contribution in [0.25, 0.3) is 11.1 Å². The van der Waals surface area contributed by atoms with Crippen LogP contribution in [0, 0.1) is 23.7 Å². The van der Waals surface area contributed by atoms with Gasteiger partial charge in [0.15, 0.2) is 34.7 Å². The average molecular weight is 508 g/mol. The van der Waals surface area contributed by atoms with Crippen molar-refractivity contribution >= 4 is 35.0 Å². The number of fused-ring (bicyclic) bond motifs is 3. The Morgan fingerprint density at radius 1 is 1.11 bits per heavy atom. The van der Waals surface area contributed by atoms with Crippen LogP contribution < -0.4 is 11.5 Å². The third-order valence-corrected chi connectivity index (χ3v) is 7.93. The molecule has 12 heteroatoms. The van der Waals surface area contributed by atoms with Crippen molar-refractivity contribution in [3.63, 3.8) is 0 Å². The van der Waals surface area contributed by atoms with Crippen molar-refractivity contribution in [2.24, 2.45) is 29.4 Å². The van der Waals surface area contributed by atoms with E-state index in [1.807, 2.05) is 0 Å². The highest BCUT2D eigenvalue weighted by molar-refractivity contribution is 6.32. The van der Waals surface area contributed by atoms with E-state index >= 15 is 0 Å². The Balaban J connectivity index is 1.66. The minimum atomic E-state index is -2.76. The number of nitrogen functional groups attached to an aromatic ring is 1. The molecule has 2 saturated carbocycles. The molecule has 2 aromatic rings. The molecule has 2 unspecified atom stereocenters. The highest BCUT2D eigenvalue weighted by atomic mass is 16.3. The number of benzene rings is 1. The number of rotatable bonds is 3. The first-order valence-electron chi connectivity index (χ1n) is 11.7. The number of aliphatic hydroxyl groups is 1. The largest absolute Gasteiger partial charge is 0.507 e. The van der Waals surface area contributed by atoms with Gasteiger partial charge in [0.2, 0.25) is 11.9 Å². The number of nitrogens with zero attached hydrogens (tertiary/aromatic N) is 3. The molecule has 0 aliphatic heterocycles. The Bertz CT molecular complexity index is 1390. The third-order valence-electron chi connectivity index (χ3n) is 7.93. The van der Waals surface area contributed by atoms with E-state index in [-0.39, 0.29) is 30.1 Å². The number of ketones is 4. The lowest BCUT2D eigenvalue weighted by Crippen LogP contribution is -2.74. The van der Waals surface area contributed by atoms with Crippen LogP contribution in [-0.2, 0) is 25.6 Å². The molecule has 3 aliphatic rings. The number of hydrogen-bond acceptors (Lipinski definition) is 11. The molecule has 2 fully saturated rings. The zero-order valence-corrected chi connectivity index (χ0v) is 20.0. The smallest absolute Gasteiger partial charge is 0.235 e. The number of aromatic hydroxyl groups is 1. The maximum absolute atomic E-state index is 13.8. The maximum Gasteiger partial charge on any atom is 0.235 e. The first kappa shape index (κ1) is 24.7. The Kier molecular flexibility index (Phi) is 5.50. The van der Waals surface area contributed by atoms with Crippen molar-refractivity contribution in [3.05, 3.63) is 35.7 Å². The number of likely N-dealkylation sites (N-methyl/N-ethyl adjacent to an activating group) is 1. The number of carbonyl (C=O) groups excluding carboxylic acids is 5. The van der Waals surface area contributed by atoms with Gasteiger partial charge < -0.3 is 21.7 Å². The highest BCUT2D eigenvalue weighted by Crippen LogP contribution is 2.51. The Morgan fingerprint density at radius 2 is 1.76 bits per heavy atom. The minimum absolute atomic E-state index is 0.0305. The summed E-state index contributed by atoms with van der Waals surface area (Å²) in [6.07, 6.45) is 3.05. The van der Waals surface area contributed by atoms with Gasteiger partial charge in [0, 0.05) is 23.9 Å². The molecule has 5 rings (SSSR count). The molecule has 6 N–H and O–H groups in total. The number of phenolic OH excluding ortho intramolecular Hbond substituents is 1. The van der Waals surface area contributed by atoms with Gasteiger partial charge in [0.05, 0.1) is 17.5 Å². The summed E-state index contributed by atoms with van der Waals surface area (Å²) in [4.78, 5) is 75.4. The fraction of sp³-hybridized carbons (Fsp3) is 0.400. The highest BCUT2D eigenvalue weighted by Gasteiger charge is 2.69. The Labute approximate surface area is 210 Å². The van der Waals surface area contributed by atoms with E-state index in [9.17, 15) is 34.2 Å². The van der Waals surface area contributed by atoms with Gasteiger partial charge in [-0.25, -0.2) is 9.97 Å². The molecule has 192 valence electrons. The summed E-state index contributed by atoms with van der Waals surface area (Å²) >= 11 is 0. The van der Waals surface area contributed by atoms with Gasteiger partial charge in [0.25, 0.3) is 0 Å². The summed E-state index contributed by atoms with van der Waals surface area (Å²) in [6, 6.07) is 1.75. The molecular weight excluding hydrogens is 482 g/mol. The van der Waals surface area contributed by atoms with Crippen LogP contribution in [0.5, 0.6) is 5.75 Å². The molecule has 1 aromatic carbocycles. The van der Waals surface area contributed by atoms with E-state index in [1.54, 1.807) is 6.07 Å². The summed E-state index contributed by atoms with van der Waals surface area (Å²) in [6.45, 7) is 0. The minimum Gasteiger partial charge on any atom is -0.507 e. The quantitative estimate of drug-likeness (QED) is 0.367. The number of hydrogen-bond donors (Lipinski definition) is 4. The molecule has 6 atom stereocenters. The molecule has 3 aliphatic carbocycles. The van der Waals surface area contributed by atoms with Crippen LogP contribution in [0.3, 0.4) is 0 Å². The second-order valence-electron chi connectivity index (χ2n) is 10.1. The van der Waals surface area contributed by atoms with Gasteiger partial charge in [0.1, 0.15) is 5.75 Å². The number of carbonyl (C=O) groups is 5. The van der Waals surface area contributed by atoms with E-state index in [0.29, 0.717) is 16.7 Å². The van der Waals surface area contributed by atoms with Gasteiger partial charge in [-0.2, -0.15) is 0 Å². The number of primary amides is 1. The standard InChI is InChI=1S/C25H25N5O7/c1-30(2)18-13-6-9-5-12-11(10-7-28-24(27)29-8-10)3-4-14(31)16(12)19(32)15(9)21(34)25(13,37)22(35)17(20(18)33)23(26)36/h3-4,7-9,13,15,17-18,31,37H,5-6H2,1-2H3,(H2,26,36)(H2,27,28,29)/t9-,13-,15?,17?,18-,25-/m0/s1. The second kappa shape index (κ2) is 8.25. The van der Waals surface area contributed by atoms with Crippen molar-refractivity contribution in [3.8, 4) is 16.9 Å². The summed E-state index contributed by atoms with van der Waals surface area (Å²) in [5.41, 5.74) is 9.61. The second-order valence-corrected chi connectivity index (χ2v) is 10.1. The topological polar surface area (TPSA) is 207 Å². The first-order chi connectivity index (χ1) is 17.4. The van der Waals surface area contributed by atoms with Crippen LogP contribution in [-0.4, -0.2) is 79.9 Å². The Morgan fingerprint density at radius 3 is 2.35 bits per heavy atom. The number of nitrogens with two attached hydrogens (primary N) is 2. The van der Waals surface area contributed by atoms with E-state index in [2.05, 4.69) is 9.97 Å². The fourth-order valence-corrected chi connectivity index (χ4v) is 6.35. The van der Waals surface area contributed by atoms with Crippen LogP contribution in [0.4, 0.5) is 5.95 Å². The lowest BCUT2D eigenvalue weighted by Gasteiger charge is -2.52. The average Bonchev–Trinajstić information content (AvgIpc) is 2.82. The fourth-order valence-electron chi connectivity index (χ4n) is 6.35. The number of aromatic nitrogens is 2. The van der Waals surface area contributed by atoms with Gasteiger partial charge in [-0.15, -0.1) is 0 Å². The van der Waals surface area contributed by atoms with E-state index in [1.165, 1.54) is 37.5 Å². The summed E-state index contributed by atoms with van der Waals surface area (Å²) in [5.74, 6) is -10.8. The summed E-state index contributed by atoms with van der Waals surface area (Å²) in [7, 11) is 3.07. The molecule has 1 aromatic heterocycles. The zero-order chi connectivity index (χ0) is 27.0. The normalized spacial score (nSPS) is 31.1. The van der Waals surface area contributed by atoms with Crippen molar-refractivity contribution in [2.45, 2.75) is 24.5 Å². The molecule has 0 spiro atoms. The zero-order valence-electron chi connectivity index (χ0n) is 20.0. The van der Waals surface area contributed by atoms with Gasteiger partial charge in [-0.1, -0.05) is 6.07 Å². The molecule has 0 bridgehead atoms. The predicted molar refractivity (Wildman–Crippen MR) is 127 cm³/mol. The molecule has 37 heavy (non-hydrogen) atoms. The number of Topliss-reactive ketones (excluding diaryl/α,β-unsaturated/α-hetero) is 4. The van der Waals surface area contributed by atoms with Gasteiger partial charge in [-0.3, -0.25) is 28.9 Å². The van der Waals surface area contributed by atoms with Crippen molar-refractivity contribution < 1.29 is 34.2 Å². The van der Waals surface area contributed by atoms with E-state index in [4.69, 9.17) is 11.5 Å². The lowest BCUT2D eigenvalue weighted by atomic mass is 9.52. The van der Waals surface area contributed by atoms with E-state index < -0.39 is 64.4 Å². The molecule has 1 heterocycles. The van der Waals surface area contributed by atoms with Crippen molar-refractivity contribution in [1.29, 1.82) is 0 Å². The molecule has 12 nitrogen and oxygen atoms in total. The molecule has 0 radical (unpaired) electrons. The summed E-state index contributed by atoms with van der Waals surface area (Å²) < 4.78 is 0. The third kappa shape index (κ3) is 3.32. The Hall–Kier alpha value is -4.03. The van der Waals surface area contributed by atoms with Crippen molar-refractivity contribution in [2.75, 3.05) is 19.8 Å². The van der Waals surface area contributed by atoms with E-state index in [0.717, 1.165) is 0 Å². The first-order valence-corrected chi connectivity index (χ1v) is 11.7. The molecular formula is C25H25N5O7. The van der Waals surface area contributed by atoms with Gasteiger partial charge >= 0.3 is 0 Å². The SMILES string of the molecule is CN(C)[C@@H]1C(=O)C(C(N)=O)C(=O)[C@@]2(O)C(=O)C3C(=O)c4c(O)ccc(-c5cnc(N)nc5)c4C[C@H]3C[C@@H]12. The number of phenols is 1. The summed E-state index contributed by atoms with van der Waals surface area (Å²) in [5, 5.41) is 22.2. The monoisotopic (exact) mass is 507 g/mol. The number of amides is 1. The molecule has 1 amide bonds. The van der Waals surface area contributed by atoms with Crippen molar-refractivity contribution in [1.82, 2.24) is 14.9 Å². The van der Waals surface area contributed by atoms with Crippen LogP contribution in [0.1, 0.15) is 22.3 Å². The lowest BCUT2D eigenvalue weighted by molar-refractivity contribution is -0.181. The van der Waals surface area contributed by atoms with Crippen LogP contribution in [0.15, 0.2) is 24.5 Å². The van der Waals surface area contributed by atoms with Crippen LogP contribution in [0.2, 0.25) is 0 Å². The molecule has 0 saturated heterocycles. The van der Waals surface area contributed by atoms with Gasteiger partial charge in [-0.05, 0) is 50.0 Å². The predicted octanol–water partition coefficient (Wildman–Crippen LogP) is -1.09.